The number of phenolic OH excluding ortho intramolecular Hbond substituents is 2. The molecule has 0 unspecified atom stereocenters. The zero-order valence-electron chi connectivity index (χ0n) is 23.8. The average Bonchev–Trinajstić information content (AvgIpc) is 2.92. The molecule has 0 fully saturated rings. The normalized spacial score (nSPS) is 11.0. The van der Waals surface area contributed by atoms with Crippen LogP contribution in [0.2, 0.25) is 0 Å². The average molecular weight is 527 g/mol. The molecular weight excluding hydrogens is 476 g/mol. The summed E-state index contributed by atoms with van der Waals surface area (Å²) in [5.74, 6) is 0.494. The molecule has 0 aliphatic carbocycles. The molecule has 2 N–H and O–H groups in total. The Morgan fingerprint density at radius 2 is 0.895 bits per heavy atom. The number of aromatic hydroxyl groups is 2. The molecule has 0 amide bonds. The molecule has 0 bridgehead atoms. The molecular formula is C33H50O5. The molecule has 0 radical (unpaired) electrons. The number of hydrogen-bond acceptors (Lipinski definition) is 5. The Kier molecular flexibility index (Phi) is 16.1. The summed E-state index contributed by atoms with van der Waals surface area (Å²) in [5, 5.41) is 20.4. The van der Waals surface area contributed by atoms with Gasteiger partial charge in [0.05, 0.1) is 13.2 Å². The number of ether oxygens (including phenoxy) is 2. The summed E-state index contributed by atoms with van der Waals surface area (Å²) in [7, 11) is 0. The van der Waals surface area contributed by atoms with Crippen LogP contribution in [0.3, 0.4) is 0 Å². The van der Waals surface area contributed by atoms with Crippen LogP contribution in [-0.4, -0.2) is 29.2 Å². The molecule has 0 spiro atoms. The lowest BCUT2D eigenvalue weighted by molar-refractivity contribution is 0.103. The van der Waals surface area contributed by atoms with Gasteiger partial charge < -0.3 is 19.7 Å². The van der Waals surface area contributed by atoms with E-state index in [1.54, 1.807) is 24.3 Å². The molecule has 38 heavy (non-hydrogen) atoms. The molecule has 2 rings (SSSR count). The molecule has 5 heteroatoms. The van der Waals surface area contributed by atoms with Gasteiger partial charge in [-0.25, -0.2) is 0 Å². The SMILES string of the molecule is CCCCCCCCCCOc1cc(C(=O)c2ccc(O)c(OCCCCCCCCCC)c2)ccc1O. The summed E-state index contributed by atoms with van der Waals surface area (Å²) in [6.45, 7) is 5.47. The number of unbranched alkanes of at least 4 members (excludes halogenated alkanes) is 14. The van der Waals surface area contributed by atoms with Crippen molar-refractivity contribution in [1.82, 2.24) is 0 Å². The maximum atomic E-state index is 13.1. The van der Waals surface area contributed by atoms with Gasteiger partial charge in [0.2, 0.25) is 0 Å². The van der Waals surface area contributed by atoms with Crippen LogP contribution in [0.1, 0.15) is 133 Å². The summed E-state index contributed by atoms with van der Waals surface area (Å²) in [4.78, 5) is 13.1. The molecule has 0 aliphatic rings. The lowest BCUT2D eigenvalue weighted by Crippen LogP contribution is -2.04. The topological polar surface area (TPSA) is 76.0 Å². The van der Waals surface area contributed by atoms with E-state index in [2.05, 4.69) is 13.8 Å². The van der Waals surface area contributed by atoms with Gasteiger partial charge >= 0.3 is 0 Å². The van der Waals surface area contributed by atoms with Crippen LogP contribution in [-0.2, 0) is 0 Å². The molecule has 2 aromatic rings. The van der Waals surface area contributed by atoms with Crippen molar-refractivity contribution >= 4 is 5.78 Å². The fourth-order valence-electron chi connectivity index (χ4n) is 4.54. The third kappa shape index (κ3) is 12.2. The van der Waals surface area contributed by atoms with Crippen molar-refractivity contribution < 1.29 is 24.5 Å². The largest absolute Gasteiger partial charge is 0.504 e. The van der Waals surface area contributed by atoms with Gasteiger partial charge in [-0.1, -0.05) is 104 Å². The van der Waals surface area contributed by atoms with E-state index in [1.807, 2.05) is 0 Å². The summed E-state index contributed by atoms with van der Waals surface area (Å²) < 4.78 is 11.6. The van der Waals surface area contributed by atoms with Crippen molar-refractivity contribution in [1.29, 1.82) is 0 Å². The first-order valence-corrected chi connectivity index (χ1v) is 15.0. The minimum atomic E-state index is -0.209. The van der Waals surface area contributed by atoms with E-state index < -0.39 is 0 Å². The van der Waals surface area contributed by atoms with Gasteiger partial charge in [0.25, 0.3) is 0 Å². The van der Waals surface area contributed by atoms with E-state index in [0.29, 0.717) is 35.8 Å². The van der Waals surface area contributed by atoms with Gasteiger partial charge in [0.15, 0.2) is 28.8 Å². The van der Waals surface area contributed by atoms with Crippen molar-refractivity contribution in [3.8, 4) is 23.0 Å². The minimum absolute atomic E-state index is 0.0289. The molecule has 212 valence electrons. The van der Waals surface area contributed by atoms with Crippen LogP contribution < -0.4 is 9.47 Å². The first-order valence-electron chi connectivity index (χ1n) is 15.0. The van der Waals surface area contributed by atoms with E-state index in [0.717, 1.165) is 25.7 Å². The Labute approximate surface area is 230 Å². The zero-order chi connectivity index (χ0) is 27.4. The highest BCUT2D eigenvalue weighted by Crippen LogP contribution is 2.31. The molecule has 0 aliphatic heterocycles. The van der Waals surface area contributed by atoms with Gasteiger partial charge in [-0.2, -0.15) is 0 Å². The van der Waals surface area contributed by atoms with Crippen molar-refractivity contribution in [3.63, 3.8) is 0 Å². The second-order valence-electron chi connectivity index (χ2n) is 10.3. The van der Waals surface area contributed by atoms with Crippen LogP contribution in [0, 0.1) is 0 Å². The monoisotopic (exact) mass is 526 g/mol. The van der Waals surface area contributed by atoms with E-state index in [4.69, 9.17) is 9.47 Å². The van der Waals surface area contributed by atoms with Crippen molar-refractivity contribution in [2.75, 3.05) is 13.2 Å². The van der Waals surface area contributed by atoms with E-state index in [9.17, 15) is 15.0 Å². The van der Waals surface area contributed by atoms with E-state index in [1.165, 1.54) is 89.2 Å². The smallest absolute Gasteiger partial charge is 0.193 e. The van der Waals surface area contributed by atoms with Crippen molar-refractivity contribution in [2.45, 2.75) is 117 Å². The summed E-state index contributed by atoms with van der Waals surface area (Å²) in [5.41, 5.74) is 0.849. The van der Waals surface area contributed by atoms with Crippen LogP contribution in [0.5, 0.6) is 23.0 Å². The molecule has 0 saturated carbocycles. The quantitative estimate of drug-likeness (QED) is 0.118. The summed E-state index contributed by atoms with van der Waals surface area (Å²) in [6.07, 6.45) is 19.3. The first kappa shape index (κ1) is 31.5. The summed E-state index contributed by atoms with van der Waals surface area (Å²) in [6, 6.07) is 9.36. The Bertz CT molecular complexity index is 850. The highest BCUT2D eigenvalue weighted by Gasteiger charge is 2.15. The fourth-order valence-corrected chi connectivity index (χ4v) is 4.54. The van der Waals surface area contributed by atoms with Gasteiger partial charge in [0, 0.05) is 11.1 Å². The van der Waals surface area contributed by atoms with Gasteiger partial charge in [-0.05, 0) is 49.2 Å². The minimum Gasteiger partial charge on any atom is -0.504 e. The van der Waals surface area contributed by atoms with Crippen LogP contribution >= 0.6 is 0 Å². The molecule has 5 nitrogen and oxygen atoms in total. The Morgan fingerprint density at radius 3 is 1.26 bits per heavy atom. The van der Waals surface area contributed by atoms with Gasteiger partial charge in [0.1, 0.15) is 0 Å². The van der Waals surface area contributed by atoms with Gasteiger partial charge in [-0.3, -0.25) is 4.79 Å². The molecule has 0 heterocycles. The Hall–Kier alpha value is -2.69. The summed E-state index contributed by atoms with van der Waals surface area (Å²) >= 11 is 0. The Balaban J connectivity index is 1.81. The number of carbonyl (C=O) groups excluding carboxylic acids is 1. The second-order valence-corrected chi connectivity index (χ2v) is 10.3. The molecule has 0 aromatic heterocycles. The highest BCUT2D eigenvalue weighted by atomic mass is 16.5. The second kappa shape index (κ2) is 19.4. The fraction of sp³-hybridized carbons (Fsp3) is 0.606. The first-order chi connectivity index (χ1) is 18.6. The number of hydrogen-bond donors (Lipinski definition) is 2. The van der Waals surface area contributed by atoms with Crippen molar-refractivity contribution in [2.24, 2.45) is 0 Å². The zero-order valence-corrected chi connectivity index (χ0v) is 23.8. The number of benzene rings is 2. The van der Waals surface area contributed by atoms with Crippen LogP contribution in [0.25, 0.3) is 0 Å². The molecule has 2 aromatic carbocycles. The van der Waals surface area contributed by atoms with Gasteiger partial charge in [-0.15, -0.1) is 0 Å². The number of rotatable bonds is 22. The van der Waals surface area contributed by atoms with Crippen molar-refractivity contribution in [3.05, 3.63) is 47.5 Å². The van der Waals surface area contributed by atoms with Crippen LogP contribution in [0.4, 0.5) is 0 Å². The maximum Gasteiger partial charge on any atom is 0.193 e. The molecule has 0 atom stereocenters. The van der Waals surface area contributed by atoms with E-state index in [-0.39, 0.29) is 17.3 Å². The predicted octanol–water partition coefficient (Wildman–Crippen LogP) is 9.37. The standard InChI is InChI=1S/C33H50O5/c1-3-5-7-9-11-13-15-17-23-37-31-25-27(19-21-29(31)34)33(36)28-20-22-30(35)32(26-28)38-24-18-16-14-12-10-8-6-4-2/h19-22,25-26,34-35H,3-18,23-24H2,1-2H3. The predicted molar refractivity (Wildman–Crippen MR) is 156 cm³/mol. The maximum absolute atomic E-state index is 13.1. The van der Waals surface area contributed by atoms with Crippen LogP contribution in [0.15, 0.2) is 36.4 Å². The third-order valence-electron chi connectivity index (χ3n) is 6.95. The number of phenols is 2. The number of carbonyl (C=O) groups is 1. The third-order valence-corrected chi connectivity index (χ3v) is 6.95. The molecule has 0 saturated heterocycles. The lowest BCUT2D eigenvalue weighted by atomic mass is 10.0. The number of ketones is 1. The van der Waals surface area contributed by atoms with E-state index >= 15 is 0 Å². The Morgan fingerprint density at radius 1 is 0.553 bits per heavy atom. The highest BCUT2D eigenvalue weighted by molar-refractivity contribution is 6.09. The lowest BCUT2D eigenvalue weighted by Gasteiger charge is -2.12.